The molecular weight excluding hydrogens is 526 g/mol. The molecule has 1 saturated heterocycles. The van der Waals surface area contributed by atoms with Gasteiger partial charge in [0.15, 0.2) is 0 Å². The number of thioether (sulfide) groups is 1. The number of carbonyl (C=O) groups is 2. The highest BCUT2D eigenvalue weighted by Gasteiger charge is 2.35. The fourth-order valence-corrected chi connectivity index (χ4v) is 6.23. The fraction of sp³-hybridized carbons (Fsp3) is 0.0556. The van der Waals surface area contributed by atoms with Gasteiger partial charge in [-0.1, -0.05) is 109 Å². The lowest BCUT2D eigenvalue weighted by atomic mass is 10.0. The maximum atomic E-state index is 13.5. The maximum Gasteiger partial charge on any atom is 0.293 e. The monoisotopic (exact) mass is 551 g/mol. The highest BCUT2D eigenvalue weighted by Crippen LogP contribution is 2.38. The van der Waals surface area contributed by atoms with Crippen molar-refractivity contribution >= 4 is 61.3 Å². The van der Waals surface area contributed by atoms with Gasteiger partial charge in [0, 0.05) is 5.56 Å². The summed E-state index contributed by atoms with van der Waals surface area (Å²) in [4.78, 5) is 28.3. The molecule has 0 N–H and O–H groups in total. The average molecular weight is 552 g/mol. The van der Waals surface area contributed by atoms with Crippen molar-refractivity contribution in [2.75, 3.05) is 0 Å². The molecule has 0 aliphatic carbocycles. The normalized spacial score (nSPS) is 14.5. The van der Waals surface area contributed by atoms with E-state index in [-0.39, 0.29) is 17.7 Å². The first-order valence-electron chi connectivity index (χ1n) is 13.5. The van der Waals surface area contributed by atoms with Crippen molar-refractivity contribution in [1.29, 1.82) is 0 Å². The SMILES string of the molecule is O=C1S/C(=C\c2c(OCc3cccc4ccccc34)ccc3ccccc23)C(=O)N1Cc1ccc2ccccc2c1. The average Bonchev–Trinajstić information content (AvgIpc) is 3.27. The summed E-state index contributed by atoms with van der Waals surface area (Å²) in [5.74, 6) is 0.374. The van der Waals surface area contributed by atoms with Crippen molar-refractivity contribution < 1.29 is 14.3 Å². The number of ether oxygens (including phenoxy) is 1. The van der Waals surface area contributed by atoms with Crippen molar-refractivity contribution in [3.8, 4) is 5.75 Å². The summed E-state index contributed by atoms with van der Waals surface area (Å²) in [6.07, 6.45) is 1.81. The summed E-state index contributed by atoms with van der Waals surface area (Å²) in [6, 6.07) is 40.5. The molecule has 7 rings (SSSR count). The maximum absolute atomic E-state index is 13.5. The van der Waals surface area contributed by atoms with Crippen molar-refractivity contribution in [2.45, 2.75) is 13.2 Å². The van der Waals surface area contributed by atoms with Crippen molar-refractivity contribution in [1.82, 2.24) is 4.90 Å². The van der Waals surface area contributed by atoms with E-state index >= 15 is 0 Å². The second-order valence-corrected chi connectivity index (χ2v) is 11.1. The zero-order valence-corrected chi connectivity index (χ0v) is 22.9. The van der Waals surface area contributed by atoms with Gasteiger partial charge in [-0.25, -0.2) is 0 Å². The number of carbonyl (C=O) groups excluding carboxylic acids is 2. The van der Waals surface area contributed by atoms with Gasteiger partial charge in [-0.3, -0.25) is 14.5 Å². The summed E-state index contributed by atoms with van der Waals surface area (Å²) in [5.41, 5.74) is 2.79. The van der Waals surface area contributed by atoms with Crippen LogP contribution in [0.2, 0.25) is 0 Å². The van der Waals surface area contributed by atoms with E-state index in [4.69, 9.17) is 4.74 Å². The van der Waals surface area contributed by atoms with Gasteiger partial charge in [0.2, 0.25) is 0 Å². The van der Waals surface area contributed by atoms with Gasteiger partial charge in [0.25, 0.3) is 11.1 Å². The number of fused-ring (bicyclic) bond motifs is 3. The zero-order valence-electron chi connectivity index (χ0n) is 22.1. The fourth-order valence-electron chi connectivity index (χ4n) is 5.41. The first-order chi connectivity index (χ1) is 20.1. The third-order valence-electron chi connectivity index (χ3n) is 7.50. The molecule has 0 radical (unpaired) electrons. The van der Waals surface area contributed by atoms with Gasteiger partial charge in [-0.15, -0.1) is 0 Å². The molecule has 41 heavy (non-hydrogen) atoms. The van der Waals surface area contributed by atoms with Gasteiger partial charge in [0.1, 0.15) is 12.4 Å². The van der Waals surface area contributed by atoms with Gasteiger partial charge >= 0.3 is 0 Å². The van der Waals surface area contributed by atoms with E-state index in [1.165, 1.54) is 4.90 Å². The Morgan fingerprint density at radius 2 is 1.32 bits per heavy atom. The molecule has 1 fully saturated rings. The van der Waals surface area contributed by atoms with E-state index in [1.54, 1.807) is 0 Å². The highest BCUT2D eigenvalue weighted by molar-refractivity contribution is 8.18. The highest BCUT2D eigenvalue weighted by atomic mass is 32.2. The Hall–Kier alpha value is -4.87. The van der Waals surface area contributed by atoms with Gasteiger partial charge < -0.3 is 4.74 Å². The van der Waals surface area contributed by atoms with E-state index in [0.717, 1.165) is 60.8 Å². The quantitative estimate of drug-likeness (QED) is 0.194. The molecule has 2 amide bonds. The third kappa shape index (κ3) is 4.85. The first kappa shape index (κ1) is 25.1. The lowest BCUT2D eigenvalue weighted by molar-refractivity contribution is -0.123. The first-order valence-corrected chi connectivity index (χ1v) is 14.3. The Morgan fingerprint density at radius 3 is 2.15 bits per heavy atom. The molecule has 0 spiro atoms. The zero-order chi connectivity index (χ0) is 27.8. The molecular formula is C36H25NO3S. The molecule has 0 aromatic heterocycles. The van der Waals surface area contributed by atoms with Crippen LogP contribution in [-0.2, 0) is 17.9 Å². The second-order valence-electron chi connectivity index (χ2n) is 10.1. The number of hydrogen-bond acceptors (Lipinski definition) is 4. The topological polar surface area (TPSA) is 46.6 Å². The molecule has 0 unspecified atom stereocenters. The second kappa shape index (κ2) is 10.6. The number of benzene rings is 6. The lowest BCUT2D eigenvalue weighted by Gasteiger charge is -2.14. The summed E-state index contributed by atoms with van der Waals surface area (Å²) in [5, 5.41) is 6.23. The standard InChI is InChI=1S/C36H25NO3S/c38-35-34(41-36(39)37(35)22-24-16-17-25-8-1-2-11-28(25)20-24)21-32-31-15-6-4-10-27(31)18-19-33(32)40-23-29-13-7-12-26-9-3-5-14-30(26)29/h1-21H,22-23H2/b34-21-. The van der Waals surface area contributed by atoms with Crippen molar-refractivity contribution in [3.63, 3.8) is 0 Å². The van der Waals surface area contributed by atoms with Crippen LogP contribution in [0.1, 0.15) is 16.7 Å². The third-order valence-corrected chi connectivity index (χ3v) is 8.40. The minimum absolute atomic E-state index is 0.229. The van der Waals surface area contributed by atoms with Crippen LogP contribution in [0.15, 0.2) is 126 Å². The molecule has 0 atom stereocenters. The summed E-state index contributed by atoms with van der Waals surface area (Å²) < 4.78 is 6.41. The van der Waals surface area contributed by atoms with Crippen LogP contribution in [0.5, 0.6) is 5.75 Å². The van der Waals surface area contributed by atoms with Crippen LogP contribution in [0, 0.1) is 0 Å². The Labute approximate surface area is 241 Å². The minimum Gasteiger partial charge on any atom is -0.488 e. The molecule has 0 bridgehead atoms. The van der Waals surface area contributed by atoms with Crippen LogP contribution < -0.4 is 4.74 Å². The number of rotatable bonds is 6. The predicted octanol–water partition coefficient (Wildman–Crippen LogP) is 8.96. The number of hydrogen-bond donors (Lipinski definition) is 0. The smallest absolute Gasteiger partial charge is 0.293 e. The van der Waals surface area contributed by atoms with Gasteiger partial charge in [-0.05, 0) is 73.4 Å². The molecule has 1 heterocycles. The van der Waals surface area contributed by atoms with E-state index < -0.39 is 0 Å². The largest absolute Gasteiger partial charge is 0.488 e. The number of imide groups is 1. The molecule has 5 heteroatoms. The lowest BCUT2D eigenvalue weighted by Crippen LogP contribution is -2.27. The van der Waals surface area contributed by atoms with Crippen molar-refractivity contribution in [3.05, 3.63) is 143 Å². The van der Waals surface area contributed by atoms with Gasteiger partial charge in [0.05, 0.1) is 11.4 Å². The van der Waals surface area contributed by atoms with Crippen molar-refractivity contribution in [2.24, 2.45) is 0 Å². The molecule has 1 aliphatic rings. The molecule has 4 nitrogen and oxygen atoms in total. The number of nitrogens with zero attached hydrogens (tertiary/aromatic N) is 1. The van der Waals surface area contributed by atoms with Crippen LogP contribution in [0.25, 0.3) is 38.4 Å². The Balaban J connectivity index is 1.21. The molecule has 0 saturated carbocycles. The summed E-state index contributed by atoms with van der Waals surface area (Å²) in [7, 11) is 0. The van der Waals surface area contributed by atoms with Crippen LogP contribution in [0.3, 0.4) is 0 Å². The van der Waals surface area contributed by atoms with E-state index in [2.05, 4.69) is 24.3 Å². The van der Waals surface area contributed by atoms with Crippen LogP contribution in [-0.4, -0.2) is 16.0 Å². The Morgan fingerprint density at radius 1 is 0.659 bits per heavy atom. The molecule has 6 aromatic rings. The van der Waals surface area contributed by atoms with E-state index in [0.29, 0.717) is 17.3 Å². The molecule has 6 aromatic carbocycles. The predicted molar refractivity (Wildman–Crippen MR) is 168 cm³/mol. The minimum atomic E-state index is -0.291. The van der Waals surface area contributed by atoms with E-state index in [1.807, 2.05) is 103 Å². The Bertz CT molecular complexity index is 2010. The Kier molecular flexibility index (Phi) is 6.50. The summed E-state index contributed by atoms with van der Waals surface area (Å²) in [6.45, 7) is 0.608. The van der Waals surface area contributed by atoms with E-state index in [9.17, 15) is 9.59 Å². The van der Waals surface area contributed by atoms with Crippen LogP contribution in [0.4, 0.5) is 4.79 Å². The summed E-state index contributed by atoms with van der Waals surface area (Å²) >= 11 is 0.976. The van der Waals surface area contributed by atoms with Crippen LogP contribution >= 0.6 is 11.8 Å². The molecule has 198 valence electrons. The number of amides is 2. The molecule has 1 aliphatic heterocycles. The van der Waals surface area contributed by atoms with Gasteiger partial charge in [-0.2, -0.15) is 0 Å².